The predicted octanol–water partition coefficient (Wildman–Crippen LogP) is 3.78. The molecule has 1 aromatic carbocycles. The Morgan fingerprint density at radius 2 is 2.09 bits per heavy atom. The Labute approximate surface area is 140 Å². The highest BCUT2D eigenvalue weighted by molar-refractivity contribution is 9.10. The third kappa shape index (κ3) is 3.70. The van der Waals surface area contributed by atoms with Crippen LogP contribution in [0.5, 0.6) is 0 Å². The lowest BCUT2D eigenvalue weighted by atomic mass is 9.86. The molecule has 0 bridgehead atoms. The van der Waals surface area contributed by atoms with Crippen molar-refractivity contribution in [2.75, 3.05) is 11.9 Å². The second kappa shape index (κ2) is 6.84. The zero-order valence-electron chi connectivity index (χ0n) is 12.9. The van der Waals surface area contributed by atoms with Crippen LogP contribution in [0.15, 0.2) is 34.9 Å². The standard InChI is InChI=1S/C17H23BrN4/c1-22-11-16(18)17(21-22)13-3-2-4-15(9-13)20-10-12-5-7-14(19)8-6-12/h2-4,9,11-12,14,20H,5-8,10,19H2,1H3. The smallest absolute Gasteiger partial charge is 0.107 e. The molecule has 1 saturated carbocycles. The van der Waals surface area contributed by atoms with Crippen molar-refractivity contribution in [2.24, 2.45) is 18.7 Å². The fraction of sp³-hybridized carbons (Fsp3) is 0.471. The molecule has 1 heterocycles. The van der Waals surface area contributed by atoms with E-state index in [-0.39, 0.29) is 0 Å². The first-order chi connectivity index (χ1) is 10.6. The number of aromatic nitrogens is 2. The van der Waals surface area contributed by atoms with Crippen molar-refractivity contribution in [1.29, 1.82) is 0 Å². The van der Waals surface area contributed by atoms with E-state index >= 15 is 0 Å². The third-order valence-corrected chi connectivity index (χ3v) is 4.99. The number of nitrogens with zero attached hydrogens (tertiary/aromatic N) is 2. The average molecular weight is 363 g/mol. The molecule has 5 heteroatoms. The molecule has 3 N–H and O–H groups in total. The minimum Gasteiger partial charge on any atom is -0.385 e. The molecule has 0 amide bonds. The molecule has 1 fully saturated rings. The number of hydrogen-bond acceptors (Lipinski definition) is 3. The van der Waals surface area contributed by atoms with Gasteiger partial charge in [-0.3, -0.25) is 4.68 Å². The molecule has 0 saturated heterocycles. The van der Waals surface area contributed by atoms with Crippen LogP contribution in [0.4, 0.5) is 5.69 Å². The summed E-state index contributed by atoms with van der Waals surface area (Å²) < 4.78 is 2.85. The summed E-state index contributed by atoms with van der Waals surface area (Å²) in [5, 5.41) is 8.08. The van der Waals surface area contributed by atoms with Crippen molar-refractivity contribution in [3.8, 4) is 11.3 Å². The van der Waals surface area contributed by atoms with Gasteiger partial charge in [-0.25, -0.2) is 0 Å². The molecule has 118 valence electrons. The molecular formula is C17H23BrN4. The van der Waals surface area contributed by atoms with Crippen LogP contribution < -0.4 is 11.1 Å². The van der Waals surface area contributed by atoms with Crippen molar-refractivity contribution < 1.29 is 0 Å². The molecule has 4 nitrogen and oxygen atoms in total. The van der Waals surface area contributed by atoms with Gasteiger partial charge in [0.2, 0.25) is 0 Å². The van der Waals surface area contributed by atoms with Crippen LogP contribution in [-0.4, -0.2) is 22.4 Å². The Morgan fingerprint density at radius 1 is 1.32 bits per heavy atom. The highest BCUT2D eigenvalue weighted by Crippen LogP contribution is 2.29. The van der Waals surface area contributed by atoms with Crippen LogP contribution in [0.1, 0.15) is 25.7 Å². The number of nitrogens with one attached hydrogen (secondary N) is 1. The number of halogens is 1. The van der Waals surface area contributed by atoms with E-state index in [2.05, 4.69) is 50.6 Å². The summed E-state index contributed by atoms with van der Waals surface area (Å²) >= 11 is 3.57. The molecule has 0 unspecified atom stereocenters. The maximum absolute atomic E-state index is 5.97. The maximum atomic E-state index is 5.97. The van der Waals surface area contributed by atoms with Crippen molar-refractivity contribution in [3.63, 3.8) is 0 Å². The first-order valence-electron chi connectivity index (χ1n) is 7.91. The van der Waals surface area contributed by atoms with Gasteiger partial charge in [0, 0.05) is 37.1 Å². The van der Waals surface area contributed by atoms with E-state index in [1.165, 1.54) is 12.8 Å². The fourth-order valence-electron chi connectivity index (χ4n) is 3.09. The van der Waals surface area contributed by atoms with E-state index in [0.29, 0.717) is 6.04 Å². The van der Waals surface area contributed by atoms with Gasteiger partial charge < -0.3 is 11.1 Å². The van der Waals surface area contributed by atoms with Gasteiger partial charge >= 0.3 is 0 Å². The van der Waals surface area contributed by atoms with Crippen LogP contribution in [0.2, 0.25) is 0 Å². The fourth-order valence-corrected chi connectivity index (χ4v) is 3.69. The number of hydrogen-bond donors (Lipinski definition) is 2. The van der Waals surface area contributed by atoms with Crippen molar-refractivity contribution in [1.82, 2.24) is 9.78 Å². The average Bonchev–Trinajstić information content (AvgIpc) is 2.86. The molecule has 1 aromatic heterocycles. The normalized spacial score (nSPS) is 21.8. The summed E-state index contributed by atoms with van der Waals surface area (Å²) in [5.41, 5.74) is 9.24. The molecule has 22 heavy (non-hydrogen) atoms. The van der Waals surface area contributed by atoms with E-state index in [1.807, 2.05) is 17.9 Å². The van der Waals surface area contributed by atoms with Crippen LogP contribution in [-0.2, 0) is 7.05 Å². The van der Waals surface area contributed by atoms with Crippen molar-refractivity contribution in [3.05, 3.63) is 34.9 Å². The zero-order chi connectivity index (χ0) is 15.5. The first kappa shape index (κ1) is 15.6. The largest absolute Gasteiger partial charge is 0.385 e. The van der Waals surface area contributed by atoms with Gasteiger partial charge in [-0.05, 0) is 59.7 Å². The summed E-state index contributed by atoms with van der Waals surface area (Å²) in [6.07, 6.45) is 6.76. The van der Waals surface area contributed by atoms with Gasteiger partial charge in [0.15, 0.2) is 0 Å². The van der Waals surface area contributed by atoms with E-state index in [0.717, 1.165) is 46.7 Å². The minimum atomic E-state index is 0.418. The Bertz CT molecular complexity index is 629. The van der Waals surface area contributed by atoms with E-state index in [1.54, 1.807) is 0 Å². The Balaban J connectivity index is 1.65. The van der Waals surface area contributed by atoms with Gasteiger partial charge in [-0.1, -0.05) is 12.1 Å². The van der Waals surface area contributed by atoms with Gasteiger partial charge in [0.05, 0.1) is 4.47 Å². The van der Waals surface area contributed by atoms with Crippen LogP contribution >= 0.6 is 15.9 Å². The topological polar surface area (TPSA) is 55.9 Å². The number of aryl methyl sites for hydroxylation is 1. The van der Waals surface area contributed by atoms with E-state index < -0.39 is 0 Å². The second-order valence-electron chi connectivity index (χ2n) is 6.24. The minimum absolute atomic E-state index is 0.418. The van der Waals surface area contributed by atoms with Crippen LogP contribution in [0.25, 0.3) is 11.3 Å². The lowest BCUT2D eigenvalue weighted by Crippen LogP contribution is -2.29. The number of benzene rings is 1. The van der Waals surface area contributed by atoms with Gasteiger partial charge in [-0.2, -0.15) is 5.10 Å². The van der Waals surface area contributed by atoms with Gasteiger partial charge in [0.1, 0.15) is 5.69 Å². The highest BCUT2D eigenvalue weighted by Gasteiger charge is 2.18. The summed E-state index contributed by atoms with van der Waals surface area (Å²) in [6, 6.07) is 8.88. The Hall–Kier alpha value is -1.33. The highest BCUT2D eigenvalue weighted by atomic mass is 79.9. The molecule has 1 aliphatic rings. The summed E-state index contributed by atoms with van der Waals surface area (Å²) in [6.45, 7) is 1.03. The summed E-state index contributed by atoms with van der Waals surface area (Å²) in [5.74, 6) is 0.741. The SMILES string of the molecule is Cn1cc(Br)c(-c2cccc(NCC3CCC(N)CC3)c2)n1. The lowest BCUT2D eigenvalue weighted by molar-refractivity contribution is 0.339. The second-order valence-corrected chi connectivity index (χ2v) is 7.10. The van der Waals surface area contributed by atoms with E-state index in [4.69, 9.17) is 5.73 Å². The third-order valence-electron chi connectivity index (χ3n) is 4.41. The van der Waals surface area contributed by atoms with Crippen molar-refractivity contribution >= 4 is 21.6 Å². The number of anilines is 1. The van der Waals surface area contributed by atoms with Crippen molar-refractivity contribution in [2.45, 2.75) is 31.7 Å². The monoisotopic (exact) mass is 362 g/mol. The molecule has 3 rings (SSSR count). The van der Waals surface area contributed by atoms with Gasteiger partial charge in [-0.15, -0.1) is 0 Å². The molecule has 0 aliphatic heterocycles. The number of rotatable bonds is 4. The molecule has 1 aliphatic carbocycles. The van der Waals surface area contributed by atoms with Crippen LogP contribution in [0.3, 0.4) is 0 Å². The molecule has 2 aromatic rings. The molecule has 0 spiro atoms. The predicted molar refractivity (Wildman–Crippen MR) is 94.8 cm³/mol. The quantitative estimate of drug-likeness (QED) is 0.869. The van der Waals surface area contributed by atoms with E-state index in [9.17, 15) is 0 Å². The Kier molecular flexibility index (Phi) is 4.84. The maximum Gasteiger partial charge on any atom is 0.107 e. The summed E-state index contributed by atoms with van der Waals surface area (Å²) in [7, 11) is 1.93. The molecule has 0 radical (unpaired) electrons. The molecular weight excluding hydrogens is 340 g/mol. The van der Waals surface area contributed by atoms with Gasteiger partial charge in [0.25, 0.3) is 0 Å². The molecule has 0 atom stereocenters. The summed E-state index contributed by atoms with van der Waals surface area (Å²) in [4.78, 5) is 0. The number of nitrogens with two attached hydrogens (primary N) is 1. The zero-order valence-corrected chi connectivity index (χ0v) is 14.5. The Morgan fingerprint density at radius 3 is 2.77 bits per heavy atom. The lowest BCUT2D eigenvalue weighted by Gasteiger charge is -2.26. The first-order valence-corrected chi connectivity index (χ1v) is 8.70. The van der Waals surface area contributed by atoms with Crippen LogP contribution in [0, 0.1) is 5.92 Å².